The monoisotopic (exact) mass is 901 g/mol. The maximum Gasteiger partial charge on any atom is 0.264 e. The van der Waals surface area contributed by atoms with E-state index in [9.17, 15) is 31.8 Å². The second-order valence-corrected chi connectivity index (χ2v) is 17.5. The molecule has 1 aromatic heterocycles. The number of morpholine rings is 1. The van der Waals surface area contributed by atoms with E-state index in [1.54, 1.807) is 25.7 Å². The second kappa shape index (κ2) is 17.3. The first-order valence-corrected chi connectivity index (χ1v) is 21.5. The molecule has 0 bridgehead atoms. The van der Waals surface area contributed by atoms with Crippen LogP contribution in [0.2, 0.25) is 15.1 Å². The molecule has 0 spiro atoms. The molecule has 0 unspecified atom stereocenters. The average molecular weight is 903 g/mol. The number of benzene rings is 4. The molecule has 22 heteroatoms. The summed E-state index contributed by atoms with van der Waals surface area (Å²) in [5.41, 5.74) is 1.58. The van der Waals surface area contributed by atoms with Crippen molar-refractivity contribution in [2.75, 3.05) is 46.0 Å². The van der Waals surface area contributed by atoms with Gasteiger partial charge in [0, 0.05) is 19.5 Å². The van der Waals surface area contributed by atoms with E-state index < -0.39 is 30.8 Å². The van der Waals surface area contributed by atoms with Crippen molar-refractivity contribution in [2.24, 2.45) is 10.2 Å². The number of nitrogens with zero attached hydrogens (tertiary/aromatic N) is 6. The number of phenolic OH excluding ortho intramolecular Hbond substituents is 2. The first-order chi connectivity index (χ1) is 27.9. The van der Waals surface area contributed by atoms with Gasteiger partial charge in [-0.05, 0) is 79.6 Å². The summed E-state index contributed by atoms with van der Waals surface area (Å²) < 4.78 is 67.1. The Morgan fingerprint density at radius 3 is 2.25 bits per heavy atom. The predicted octanol–water partition coefficient (Wildman–Crippen LogP) is 8.61. The second-order valence-electron chi connectivity index (χ2n) is 13.0. The van der Waals surface area contributed by atoms with Gasteiger partial charge in [-0.25, -0.2) is 26.4 Å². The maximum absolute atomic E-state index is 14.0. The fourth-order valence-electron chi connectivity index (χ4n) is 5.80. The van der Waals surface area contributed by atoms with Gasteiger partial charge in [-0.1, -0.05) is 41.7 Å². The molecule has 2 heterocycles. The zero-order chi connectivity index (χ0) is 42.8. The Morgan fingerprint density at radius 2 is 1.56 bits per heavy atom. The number of ether oxygens (including phenoxy) is 1. The van der Waals surface area contributed by atoms with Crippen LogP contribution in [0.4, 0.5) is 39.9 Å². The Bertz CT molecular complexity index is 2790. The Kier molecular flexibility index (Phi) is 12.6. The summed E-state index contributed by atoms with van der Waals surface area (Å²) in [6.07, 6.45) is 1.31. The minimum Gasteiger partial charge on any atom is -0.506 e. The van der Waals surface area contributed by atoms with E-state index in [0.29, 0.717) is 26.3 Å². The number of amides is 1. The number of aryl methyl sites for hydroxylation is 2. The molecular weight excluding hydrogens is 869 g/mol. The number of rotatable bonds is 12. The van der Waals surface area contributed by atoms with Gasteiger partial charge in [-0.3, -0.25) is 14.2 Å². The number of aromatic hydroxyl groups is 2. The van der Waals surface area contributed by atoms with Crippen molar-refractivity contribution in [3.05, 3.63) is 98.4 Å². The summed E-state index contributed by atoms with van der Waals surface area (Å²) in [6, 6.07) is 11.8. The Labute approximate surface area is 354 Å². The van der Waals surface area contributed by atoms with Gasteiger partial charge in [0.15, 0.2) is 11.6 Å². The fraction of sp³-hybridized carbons (Fsp3) is 0.216. The smallest absolute Gasteiger partial charge is 0.264 e. The SMILES string of the molecule is [C-]#[N+]c1cnn(-c2cc(Cl)c(S(=O)(=O)Nc3ccc(N4CCOCC4)c(S(=O)(=O)Nc4cc(C)c(C)cc4O)c3)cc2Cl)c1N=Nc1cc(Cl)c(O)c(NC(=O)CC)c1. The molecule has 0 aliphatic carbocycles. The number of azo groups is 1. The van der Waals surface area contributed by atoms with E-state index in [0.717, 1.165) is 27.9 Å². The van der Waals surface area contributed by atoms with Crippen molar-refractivity contribution < 1.29 is 36.6 Å². The molecule has 4 aromatic carbocycles. The van der Waals surface area contributed by atoms with Crippen LogP contribution in [0.1, 0.15) is 24.5 Å². The summed E-state index contributed by atoms with van der Waals surface area (Å²) in [7, 11) is -8.99. The van der Waals surface area contributed by atoms with Crippen LogP contribution in [-0.2, 0) is 29.6 Å². The molecule has 17 nitrogen and oxygen atoms in total. The molecule has 1 aliphatic rings. The topological polar surface area (TPSA) is 221 Å². The first-order valence-electron chi connectivity index (χ1n) is 17.4. The third-order valence-electron chi connectivity index (χ3n) is 8.98. The van der Waals surface area contributed by atoms with Crippen molar-refractivity contribution in [1.29, 1.82) is 0 Å². The molecule has 5 N–H and O–H groups in total. The summed E-state index contributed by atoms with van der Waals surface area (Å²) in [6.45, 7) is 14.2. The number of hydrogen-bond acceptors (Lipinski definition) is 12. The predicted molar refractivity (Wildman–Crippen MR) is 225 cm³/mol. The van der Waals surface area contributed by atoms with Gasteiger partial charge in [-0.15, -0.1) is 5.11 Å². The van der Waals surface area contributed by atoms with E-state index in [-0.39, 0.29) is 83.5 Å². The third kappa shape index (κ3) is 9.33. The molecule has 1 aliphatic heterocycles. The van der Waals surface area contributed by atoms with Crippen molar-refractivity contribution >= 4 is 101 Å². The van der Waals surface area contributed by atoms with Crippen molar-refractivity contribution in [3.63, 3.8) is 0 Å². The zero-order valence-electron chi connectivity index (χ0n) is 31.3. The van der Waals surface area contributed by atoms with Gasteiger partial charge in [0.25, 0.3) is 25.7 Å². The van der Waals surface area contributed by atoms with E-state index in [1.165, 1.54) is 48.7 Å². The quantitative estimate of drug-likeness (QED) is 0.0456. The number of aromatic nitrogens is 2. The number of halogens is 3. The van der Waals surface area contributed by atoms with Crippen LogP contribution in [-0.4, -0.2) is 69.0 Å². The minimum atomic E-state index is -4.56. The molecule has 1 saturated heterocycles. The van der Waals surface area contributed by atoms with Gasteiger partial charge in [0.1, 0.15) is 15.5 Å². The van der Waals surface area contributed by atoms with Gasteiger partial charge in [0.05, 0.1) is 75.2 Å². The lowest BCUT2D eigenvalue weighted by Crippen LogP contribution is -2.37. The highest BCUT2D eigenvalue weighted by Crippen LogP contribution is 2.41. The molecule has 6 rings (SSSR count). The molecule has 0 atom stereocenters. The number of nitrogens with one attached hydrogen (secondary N) is 3. The van der Waals surface area contributed by atoms with Crippen LogP contribution < -0.4 is 19.7 Å². The van der Waals surface area contributed by atoms with Gasteiger partial charge < -0.3 is 25.2 Å². The molecular formula is C37H34Cl3N9O8S2. The summed E-state index contributed by atoms with van der Waals surface area (Å²) in [5, 5.41) is 35.2. The highest BCUT2D eigenvalue weighted by molar-refractivity contribution is 7.93. The lowest BCUT2D eigenvalue weighted by atomic mass is 10.1. The molecule has 0 saturated carbocycles. The van der Waals surface area contributed by atoms with Gasteiger partial charge in [-0.2, -0.15) is 10.2 Å². The van der Waals surface area contributed by atoms with Gasteiger partial charge in [0.2, 0.25) is 5.91 Å². The number of hydrogen-bond donors (Lipinski definition) is 5. The Balaban J connectivity index is 1.33. The zero-order valence-corrected chi connectivity index (χ0v) is 35.2. The maximum atomic E-state index is 14.0. The van der Waals surface area contributed by atoms with E-state index >= 15 is 0 Å². The first kappa shape index (κ1) is 43.0. The lowest BCUT2D eigenvalue weighted by molar-refractivity contribution is -0.115. The van der Waals surface area contributed by atoms with Crippen LogP contribution >= 0.6 is 34.8 Å². The third-order valence-corrected chi connectivity index (χ3v) is 12.8. The average Bonchev–Trinajstić information content (AvgIpc) is 3.61. The van der Waals surface area contributed by atoms with E-state index in [1.807, 2.05) is 0 Å². The molecule has 0 radical (unpaired) electrons. The number of carbonyl (C=O) groups is 1. The van der Waals surface area contributed by atoms with Crippen LogP contribution in [0.3, 0.4) is 0 Å². The van der Waals surface area contributed by atoms with Crippen molar-refractivity contribution in [2.45, 2.75) is 37.0 Å². The van der Waals surface area contributed by atoms with Crippen LogP contribution in [0.25, 0.3) is 10.5 Å². The van der Waals surface area contributed by atoms with Crippen molar-refractivity contribution in [3.8, 4) is 17.2 Å². The Hall–Kier alpha value is -5.62. The molecule has 59 heavy (non-hydrogen) atoms. The van der Waals surface area contributed by atoms with Crippen LogP contribution in [0.5, 0.6) is 11.5 Å². The summed E-state index contributed by atoms with van der Waals surface area (Å²) in [4.78, 5) is 16.4. The Morgan fingerprint density at radius 1 is 0.864 bits per heavy atom. The summed E-state index contributed by atoms with van der Waals surface area (Å²) in [5.74, 6) is -1.20. The number of anilines is 4. The molecule has 5 aromatic rings. The number of sulfonamides is 2. The molecule has 1 fully saturated rings. The number of phenols is 2. The minimum absolute atomic E-state index is 0.0161. The standard InChI is InChI=1S/C37H34Cl3N9O8S2/c1-5-35(51)43-28-15-23(14-26(40)36(28)52)44-45-37-29(41-4)19-42-49(37)31-17-25(39)33(18-24(31)38)58(53,54)46-22-6-7-30(48-8-10-57-11-9-48)34(16-22)59(55,56)47-27-12-20(2)21(3)13-32(27)50/h6-7,12-19,46-47,50,52H,5,8-11H2,1-3H3,(H,43,51). The van der Waals surface area contributed by atoms with Crippen LogP contribution in [0.15, 0.2) is 80.8 Å². The highest BCUT2D eigenvalue weighted by Gasteiger charge is 2.28. The highest BCUT2D eigenvalue weighted by atomic mass is 35.5. The normalized spacial score (nSPS) is 13.3. The lowest BCUT2D eigenvalue weighted by Gasteiger charge is -2.30. The van der Waals surface area contributed by atoms with E-state index in [4.69, 9.17) is 46.1 Å². The van der Waals surface area contributed by atoms with Crippen molar-refractivity contribution in [1.82, 2.24) is 9.78 Å². The fourth-order valence-corrected chi connectivity index (χ4v) is 9.24. The van der Waals surface area contributed by atoms with Crippen LogP contribution in [0, 0.1) is 20.4 Å². The molecule has 308 valence electrons. The summed E-state index contributed by atoms with van der Waals surface area (Å²) >= 11 is 19.4. The van der Waals surface area contributed by atoms with E-state index in [2.05, 4.69) is 34.9 Å². The van der Waals surface area contributed by atoms with Gasteiger partial charge >= 0.3 is 0 Å². The largest absolute Gasteiger partial charge is 0.506 e. The molecule has 1 amide bonds. The number of carbonyl (C=O) groups excluding carboxylic acids is 1.